The lowest BCUT2D eigenvalue weighted by atomic mass is 10.3. The SMILES string of the molecule is Cc1c([S+](C)C)c2ccccn2c1[S+](C)C.F[B-](F)(F)F.F[B-](F)(F)F. The van der Waals surface area contributed by atoms with Crippen LogP contribution in [0, 0.1) is 6.92 Å². The summed E-state index contributed by atoms with van der Waals surface area (Å²) >= 11 is 0. The van der Waals surface area contributed by atoms with Crippen LogP contribution in [0.15, 0.2) is 34.3 Å². The molecule has 0 bridgehead atoms. The van der Waals surface area contributed by atoms with Crippen LogP contribution in [0.25, 0.3) is 5.52 Å². The summed E-state index contributed by atoms with van der Waals surface area (Å²) in [6.07, 6.45) is 11.4. The average Bonchev–Trinajstić information content (AvgIpc) is 2.66. The van der Waals surface area contributed by atoms with Gasteiger partial charge in [0.1, 0.15) is 30.5 Å². The first-order valence-corrected chi connectivity index (χ1v) is 11.1. The van der Waals surface area contributed by atoms with Crippen LogP contribution in [0.2, 0.25) is 0 Å². The molecule has 0 spiro atoms. The van der Waals surface area contributed by atoms with Gasteiger partial charge >= 0.3 is 14.5 Å². The molecule has 2 aromatic heterocycles. The van der Waals surface area contributed by atoms with E-state index in [1.165, 1.54) is 21.0 Å². The van der Waals surface area contributed by atoms with Gasteiger partial charge in [0.25, 0.3) is 0 Å². The van der Waals surface area contributed by atoms with Gasteiger partial charge in [-0.3, -0.25) is 4.40 Å². The second-order valence-corrected chi connectivity index (χ2v) is 9.40. The molecule has 0 saturated carbocycles. The molecule has 0 saturated heterocycles. The number of nitrogens with zero attached hydrogens (tertiary/aromatic N) is 1. The minimum atomic E-state index is -6.00. The van der Waals surface area contributed by atoms with Crippen molar-refractivity contribution in [2.45, 2.75) is 16.8 Å². The van der Waals surface area contributed by atoms with Gasteiger partial charge in [-0.2, -0.15) is 0 Å². The Kier molecular flexibility index (Phi) is 9.45. The molecule has 0 aliphatic carbocycles. The summed E-state index contributed by atoms with van der Waals surface area (Å²) in [4.78, 5) is 1.54. The van der Waals surface area contributed by atoms with Gasteiger partial charge in [-0.15, -0.1) is 0 Å². The third-order valence-electron chi connectivity index (χ3n) is 2.77. The summed E-state index contributed by atoms with van der Waals surface area (Å²) in [5.41, 5.74) is 2.89. The molecule has 2 aromatic rings. The van der Waals surface area contributed by atoms with Crippen molar-refractivity contribution in [3.05, 3.63) is 30.0 Å². The molecule has 26 heavy (non-hydrogen) atoms. The summed E-state index contributed by atoms with van der Waals surface area (Å²) < 4.78 is 80.4. The predicted molar refractivity (Wildman–Crippen MR) is 97.5 cm³/mol. The van der Waals surface area contributed by atoms with Crippen LogP contribution in [0.1, 0.15) is 5.56 Å². The average molecular weight is 427 g/mol. The lowest BCUT2D eigenvalue weighted by molar-refractivity contribution is 0.366. The quantitative estimate of drug-likeness (QED) is 0.347. The molecule has 150 valence electrons. The lowest BCUT2D eigenvalue weighted by Gasteiger charge is -1.97. The molecule has 13 heteroatoms. The third kappa shape index (κ3) is 9.65. The van der Waals surface area contributed by atoms with Gasteiger partial charge in [0, 0.05) is 28.0 Å². The van der Waals surface area contributed by atoms with Gasteiger partial charge in [0.15, 0.2) is 4.90 Å². The Hall–Kier alpha value is -0.970. The summed E-state index contributed by atoms with van der Waals surface area (Å²) in [5.74, 6) is 0. The zero-order chi connectivity index (χ0) is 20.9. The fourth-order valence-corrected chi connectivity index (χ4v) is 4.92. The summed E-state index contributed by atoms with van der Waals surface area (Å²) in [7, 11) is -11.4. The predicted octanol–water partition coefficient (Wildman–Crippen LogP) is 5.32. The molecule has 0 atom stereocenters. The summed E-state index contributed by atoms with van der Waals surface area (Å²) in [5, 5.41) is 1.49. The van der Waals surface area contributed by atoms with Crippen molar-refractivity contribution in [2.24, 2.45) is 0 Å². The molecular weight excluding hydrogens is 408 g/mol. The number of fused-ring (bicyclic) bond motifs is 1. The first-order chi connectivity index (χ1) is 11.5. The van der Waals surface area contributed by atoms with Gasteiger partial charge in [-0.25, -0.2) is 0 Å². The smallest absolute Gasteiger partial charge is 0.418 e. The lowest BCUT2D eigenvalue weighted by Crippen LogP contribution is -2.02. The van der Waals surface area contributed by atoms with E-state index in [-0.39, 0.29) is 0 Å². The first-order valence-electron chi connectivity index (χ1n) is 7.03. The fourth-order valence-electron chi connectivity index (χ4n) is 2.29. The second-order valence-electron chi connectivity index (χ2n) is 5.34. The fraction of sp³-hybridized carbons (Fsp3) is 0.385. The van der Waals surface area contributed by atoms with E-state index in [0.717, 1.165) is 0 Å². The molecule has 0 aliphatic heterocycles. The maximum absolute atomic E-state index is 9.75. The van der Waals surface area contributed by atoms with E-state index < -0.39 is 14.5 Å². The van der Waals surface area contributed by atoms with E-state index in [1.54, 1.807) is 0 Å². The minimum absolute atomic E-state index is 0.307. The molecule has 2 heterocycles. The topological polar surface area (TPSA) is 4.41 Å². The molecule has 0 radical (unpaired) electrons. The third-order valence-corrected chi connectivity index (χ3v) is 5.38. The van der Waals surface area contributed by atoms with Crippen LogP contribution in [-0.2, 0) is 21.8 Å². The van der Waals surface area contributed by atoms with Crippen molar-refractivity contribution in [3.8, 4) is 0 Å². The highest BCUT2D eigenvalue weighted by atomic mass is 32.2. The Morgan fingerprint density at radius 2 is 1.19 bits per heavy atom. The molecule has 0 aliphatic rings. The van der Waals surface area contributed by atoms with Crippen LogP contribution in [-0.4, -0.2) is 43.9 Å². The minimum Gasteiger partial charge on any atom is -0.418 e. The van der Waals surface area contributed by atoms with E-state index in [0.29, 0.717) is 21.8 Å². The van der Waals surface area contributed by atoms with Gasteiger partial charge in [0.05, 0.1) is 5.56 Å². The highest BCUT2D eigenvalue weighted by Gasteiger charge is 2.29. The number of rotatable bonds is 2. The van der Waals surface area contributed by atoms with Crippen LogP contribution in [0.5, 0.6) is 0 Å². The van der Waals surface area contributed by atoms with E-state index >= 15 is 0 Å². The van der Waals surface area contributed by atoms with E-state index in [4.69, 9.17) is 0 Å². The normalized spacial score (nSPS) is 12.0. The number of pyridine rings is 1. The Morgan fingerprint density at radius 3 is 1.54 bits per heavy atom. The van der Waals surface area contributed by atoms with Crippen LogP contribution in [0.4, 0.5) is 34.5 Å². The van der Waals surface area contributed by atoms with Crippen molar-refractivity contribution in [3.63, 3.8) is 0 Å². The van der Waals surface area contributed by atoms with Crippen LogP contribution >= 0.6 is 0 Å². The highest BCUT2D eigenvalue weighted by molar-refractivity contribution is 7.96. The Balaban J connectivity index is 0.000000520. The van der Waals surface area contributed by atoms with Crippen molar-refractivity contribution in [1.29, 1.82) is 0 Å². The molecule has 2 rings (SSSR count). The Morgan fingerprint density at radius 1 is 0.769 bits per heavy atom. The molecule has 1 nitrogen and oxygen atoms in total. The monoisotopic (exact) mass is 427 g/mol. The standard InChI is InChI=1S/C13H19NS2.2BF4/c1-10-12(15(2)3)11-8-6-7-9-14(11)13(10)16(4)5;2*2-1(3,4)5/h6-9H,1-5H3;;/q+2;2*-1. The molecule has 0 amide bonds. The van der Waals surface area contributed by atoms with Crippen LogP contribution in [0.3, 0.4) is 0 Å². The van der Waals surface area contributed by atoms with Gasteiger partial charge in [-0.05, 0) is 19.1 Å². The van der Waals surface area contributed by atoms with E-state index in [9.17, 15) is 34.5 Å². The second kappa shape index (κ2) is 9.82. The van der Waals surface area contributed by atoms with E-state index in [2.05, 4.69) is 60.7 Å². The molecular formula is C13H19B2F8NS2. The summed E-state index contributed by atoms with van der Waals surface area (Å²) in [6, 6.07) is 6.50. The molecule has 0 N–H and O–H groups in total. The van der Waals surface area contributed by atoms with Gasteiger partial charge in [-0.1, -0.05) is 6.07 Å². The molecule has 0 fully saturated rings. The van der Waals surface area contributed by atoms with Crippen molar-refractivity contribution in [2.75, 3.05) is 25.0 Å². The Bertz CT molecular complexity index is 629. The highest BCUT2D eigenvalue weighted by Crippen LogP contribution is 2.30. The number of halogens is 8. The first kappa shape index (κ1) is 25.0. The van der Waals surface area contributed by atoms with Crippen LogP contribution < -0.4 is 0 Å². The maximum Gasteiger partial charge on any atom is 0.673 e. The van der Waals surface area contributed by atoms with Crippen molar-refractivity contribution >= 4 is 41.8 Å². The zero-order valence-corrected chi connectivity index (χ0v) is 16.4. The van der Waals surface area contributed by atoms with E-state index in [1.807, 2.05) is 0 Å². The van der Waals surface area contributed by atoms with Gasteiger partial charge < -0.3 is 34.5 Å². The zero-order valence-electron chi connectivity index (χ0n) is 14.8. The largest absolute Gasteiger partial charge is 0.673 e. The summed E-state index contributed by atoms with van der Waals surface area (Å²) in [6.45, 7) is 2.28. The van der Waals surface area contributed by atoms with Crippen molar-refractivity contribution < 1.29 is 34.5 Å². The number of hydrogen-bond acceptors (Lipinski definition) is 0. The number of hydrogen-bond donors (Lipinski definition) is 0. The molecule has 0 aromatic carbocycles. The van der Waals surface area contributed by atoms with Crippen molar-refractivity contribution in [1.82, 2.24) is 4.40 Å². The van der Waals surface area contributed by atoms with Gasteiger partial charge in [0.2, 0.25) is 5.03 Å². The maximum atomic E-state index is 9.75. The Labute approximate surface area is 153 Å². The number of aromatic nitrogens is 1. The molecule has 0 unspecified atom stereocenters.